The van der Waals surface area contributed by atoms with Crippen molar-refractivity contribution in [3.05, 3.63) is 59.2 Å². The van der Waals surface area contributed by atoms with Gasteiger partial charge in [-0.1, -0.05) is 30.3 Å². The van der Waals surface area contributed by atoms with Gasteiger partial charge in [0.25, 0.3) is 5.91 Å². The van der Waals surface area contributed by atoms with E-state index in [0.29, 0.717) is 36.6 Å². The Morgan fingerprint density at radius 2 is 1.97 bits per heavy atom. The summed E-state index contributed by atoms with van der Waals surface area (Å²) in [5, 5.41) is 29.9. The van der Waals surface area contributed by atoms with E-state index in [1.807, 2.05) is 6.07 Å². The minimum Gasteiger partial charge on any atom is -0.473 e. The van der Waals surface area contributed by atoms with Gasteiger partial charge in [-0.15, -0.1) is 0 Å². The molecule has 5 rings (SSSR count). The standard InChI is InChI=1S/C23H28N4O4/c28-18(12-27-8-7-15-3-1-2-4-17(15)11-27)10-25-21(29)16-5-6-20-19(9-16)26-22(30)23(31-20)13-24-14-23/h1-6,9,18,21,24-25,28-29H,7-8,10-14H2,(H,26,30)/t18-,21?/m0/s1. The third kappa shape index (κ3) is 4.05. The van der Waals surface area contributed by atoms with E-state index >= 15 is 0 Å². The molecule has 0 saturated carbocycles. The van der Waals surface area contributed by atoms with Crippen molar-refractivity contribution in [3.63, 3.8) is 0 Å². The van der Waals surface area contributed by atoms with Crippen molar-refractivity contribution < 1.29 is 19.7 Å². The zero-order chi connectivity index (χ0) is 21.4. The maximum Gasteiger partial charge on any atom is 0.271 e. The summed E-state index contributed by atoms with van der Waals surface area (Å²) in [4.78, 5) is 14.6. The third-order valence-electron chi connectivity index (χ3n) is 6.33. The monoisotopic (exact) mass is 424 g/mol. The number of aliphatic hydroxyl groups is 2. The Balaban J connectivity index is 1.14. The Hall–Kier alpha value is -2.49. The summed E-state index contributed by atoms with van der Waals surface area (Å²) in [5.74, 6) is 0.430. The first kappa shape index (κ1) is 20.4. The lowest BCUT2D eigenvalue weighted by atomic mass is 9.93. The van der Waals surface area contributed by atoms with E-state index in [1.165, 1.54) is 11.1 Å². The largest absolute Gasteiger partial charge is 0.473 e. The van der Waals surface area contributed by atoms with Gasteiger partial charge < -0.3 is 25.6 Å². The maximum atomic E-state index is 12.3. The van der Waals surface area contributed by atoms with Crippen molar-refractivity contribution in [1.29, 1.82) is 0 Å². The Morgan fingerprint density at radius 3 is 2.74 bits per heavy atom. The second-order valence-corrected chi connectivity index (χ2v) is 8.63. The molecule has 0 aliphatic carbocycles. The highest BCUT2D eigenvalue weighted by Gasteiger charge is 2.49. The number of carbonyl (C=O) groups is 1. The number of amides is 1. The van der Waals surface area contributed by atoms with E-state index in [9.17, 15) is 15.0 Å². The molecule has 8 nitrogen and oxygen atoms in total. The van der Waals surface area contributed by atoms with Crippen LogP contribution in [0, 0.1) is 0 Å². The molecule has 2 aromatic rings. The summed E-state index contributed by atoms with van der Waals surface area (Å²) in [5.41, 5.74) is 3.03. The first-order valence-electron chi connectivity index (χ1n) is 10.8. The molecule has 3 heterocycles. The van der Waals surface area contributed by atoms with E-state index in [0.717, 1.165) is 19.5 Å². The molecule has 1 fully saturated rings. The average molecular weight is 425 g/mol. The minimum absolute atomic E-state index is 0.170. The molecule has 1 saturated heterocycles. The van der Waals surface area contributed by atoms with Crippen LogP contribution in [0.25, 0.3) is 0 Å². The predicted molar refractivity (Wildman–Crippen MR) is 116 cm³/mol. The number of β-amino-alcohol motifs (C(OH)–C–C–N with tert-alkyl or cyclic N) is 1. The van der Waals surface area contributed by atoms with Gasteiger partial charge in [0, 0.05) is 39.3 Å². The van der Waals surface area contributed by atoms with Crippen molar-refractivity contribution in [2.75, 3.05) is 38.0 Å². The van der Waals surface area contributed by atoms with Crippen LogP contribution in [-0.4, -0.2) is 65.4 Å². The van der Waals surface area contributed by atoms with E-state index in [4.69, 9.17) is 4.74 Å². The third-order valence-corrected chi connectivity index (χ3v) is 6.33. The zero-order valence-corrected chi connectivity index (χ0v) is 17.3. The minimum atomic E-state index is -0.958. The Bertz CT molecular complexity index is 978. The van der Waals surface area contributed by atoms with E-state index in [1.54, 1.807) is 18.2 Å². The van der Waals surface area contributed by atoms with Crippen LogP contribution in [0.15, 0.2) is 42.5 Å². The number of hydrogen-bond donors (Lipinski definition) is 5. The SMILES string of the molecule is O=C1Nc2cc(C(O)NC[C@H](O)CN3CCc4ccccc4C3)ccc2OC12CNC2. The molecule has 2 atom stereocenters. The van der Waals surface area contributed by atoms with Crippen LogP contribution < -0.4 is 20.7 Å². The van der Waals surface area contributed by atoms with Crippen LogP contribution in [0.1, 0.15) is 22.9 Å². The predicted octanol–water partition coefficient (Wildman–Crippen LogP) is 0.359. The van der Waals surface area contributed by atoms with E-state index < -0.39 is 17.9 Å². The second-order valence-electron chi connectivity index (χ2n) is 8.63. The van der Waals surface area contributed by atoms with Crippen molar-refractivity contribution >= 4 is 11.6 Å². The summed E-state index contributed by atoms with van der Waals surface area (Å²) in [7, 11) is 0. The molecule has 3 aliphatic rings. The lowest BCUT2D eigenvalue weighted by Crippen LogP contribution is -2.70. The number of aliphatic hydroxyl groups excluding tert-OH is 2. The number of nitrogens with one attached hydrogen (secondary N) is 3. The van der Waals surface area contributed by atoms with Crippen molar-refractivity contribution in [2.45, 2.75) is 30.9 Å². The number of benzene rings is 2. The van der Waals surface area contributed by atoms with Crippen LogP contribution in [0.4, 0.5) is 5.69 Å². The van der Waals surface area contributed by atoms with Crippen LogP contribution in [-0.2, 0) is 17.8 Å². The number of anilines is 1. The van der Waals surface area contributed by atoms with Gasteiger partial charge in [0.2, 0.25) is 5.60 Å². The highest BCUT2D eigenvalue weighted by molar-refractivity contribution is 6.02. The molecule has 0 aromatic heterocycles. The average Bonchev–Trinajstić information content (AvgIpc) is 2.75. The number of hydrogen-bond acceptors (Lipinski definition) is 7. The first-order chi connectivity index (χ1) is 15.0. The lowest BCUT2D eigenvalue weighted by molar-refractivity contribution is -0.136. The van der Waals surface area contributed by atoms with Crippen LogP contribution >= 0.6 is 0 Å². The lowest BCUT2D eigenvalue weighted by Gasteiger charge is -2.43. The van der Waals surface area contributed by atoms with Gasteiger partial charge in [-0.3, -0.25) is 15.0 Å². The van der Waals surface area contributed by atoms with Gasteiger partial charge in [-0.05, 0) is 35.2 Å². The summed E-state index contributed by atoms with van der Waals surface area (Å²) in [6.07, 6.45) is -0.578. The molecule has 8 heteroatoms. The molecule has 164 valence electrons. The highest BCUT2D eigenvalue weighted by atomic mass is 16.5. The van der Waals surface area contributed by atoms with Gasteiger partial charge in [0.1, 0.15) is 12.0 Å². The summed E-state index contributed by atoms with van der Waals surface area (Å²) < 4.78 is 5.89. The molecule has 1 amide bonds. The number of rotatable bonds is 6. The quantitative estimate of drug-likeness (QED) is 0.427. The summed E-state index contributed by atoms with van der Waals surface area (Å²) in [6.45, 7) is 3.52. The van der Waals surface area contributed by atoms with Gasteiger partial charge in [0.05, 0.1) is 11.8 Å². The number of ether oxygens (including phenoxy) is 1. The fraction of sp³-hybridized carbons (Fsp3) is 0.435. The van der Waals surface area contributed by atoms with Crippen LogP contribution in [0.5, 0.6) is 5.75 Å². The normalized spacial score (nSPS) is 21.3. The Kier molecular flexibility index (Phi) is 5.41. The molecule has 2 aromatic carbocycles. The molecule has 1 spiro atoms. The van der Waals surface area contributed by atoms with Gasteiger partial charge >= 0.3 is 0 Å². The zero-order valence-electron chi connectivity index (χ0n) is 17.3. The van der Waals surface area contributed by atoms with Gasteiger partial charge in [0.15, 0.2) is 0 Å². The summed E-state index contributed by atoms with van der Waals surface area (Å²) in [6, 6.07) is 13.6. The molecule has 31 heavy (non-hydrogen) atoms. The molecular weight excluding hydrogens is 396 g/mol. The van der Waals surface area contributed by atoms with Crippen LogP contribution in [0.2, 0.25) is 0 Å². The molecular formula is C23H28N4O4. The van der Waals surface area contributed by atoms with Crippen LogP contribution in [0.3, 0.4) is 0 Å². The number of fused-ring (bicyclic) bond motifs is 2. The molecule has 3 aliphatic heterocycles. The highest BCUT2D eigenvalue weighted by Crippen LogP contribution is 2.36. The molecule has 1 unspecified atom stereocenters. The van der Waals surface area contributed by atoms with Crippen molar-refractivity contribution in [2.24, 2.45) is 0 Å². The first-order valence-corrected chi connectivity index (χ1v) is 10.8. The van der Waals surface area contributed by atoms with E-state index in [-0.39, 0.29) is 12.5 Å². The molecule has 0 radical (unpaired) electrons. The van der Waals surface area contributed by atoms with E-state index in [2.05, 4.69) is 39.0 Å². The van der Waals surface area contributed by atoms with Gasteiger partial charge in [-0.25, -0.2) is 0 Å². The fourth-order valence-corrected chi connectivity index (χ4v) is 4.42. The molecule has 5 N–H and O–H groups in total. The second kappa shape index (κ2) is 8.22. The smallest absolute Gasteiger partial charge is 0.271 e. The van der Waals surface area contributed by atoms with Gasteiger partial charge in [-0.2, -0.15) is 0 Å². The number of carbonyl (C=O) groups excluding carboxylic acids is 1. The molecule has 0 bridgehead atoms. The fourth-order valence-electron chi connectivity index (χ4n) is 4.42. The number of nitrogens with zero attached hydrogens (tertiary/aromatic N) is 1. The van der Waals surface area contributed by atoms with Crippen molar-refractivity contribution in [3.8, 4) is 5.75 Å². The Labute approximate surface area is 181 Å². The summed E-state index contributed by atoms with van der Waals surface area (Å²) >= 11 is 0. The Morgan fingerprint density at radius 1 is 1.16 bits per heavy atom. The maximum absolute atomic E-state index is 12.3. The topological polar surface area (TPSA) is 106 Å². The van der Waals surface area contributed by atoms with Crippen molar-refractivity contribution in [1.82, 2.24) is 15.5 Å².